The highest BCUT2D eigenvalue weighted by Crippen LogP contribution is 2.43. The zero-order chi connectivity index (χ0) is 14.7. The van der Waals surface area contributed by atoms with Crippen molar-refractivity contribution < 1.29 is 9.84 Å². The molecular formula is C18H21NO2. The lowest BCUT2D eigenvalue weighted by atomic mass is 10.0. The molecule has 0 amide bonds. The molecular weight excluding hydrogens is 262 g/mol. The first-order chi connectivity index (χ1) is 10.3. The molecule has 3 rings (SSSR count). The van der Waals surface area contributed by atoms with Gasteiger partial charge in [0.25, 0.3) is 0 Å². The van der Waals surface area contributed by atoms with Crippen molar-refractivity contribution in [2.45, 2.75) is 25.5 Å². The van der Waals surface area contributed by atoms with Crippen LogP contribution >= 0.6 is 0 Å². The van der Waals surface area contributed by atoms with Crippen molar-refractivity contribution in [3.05, 3.63) is 59.7 Å². The number of ether oxygens (including phenoxy) is 1. The third-order valence-electron chi connectivity index (χ3n) is 4.07. The second kappa shape index (κ2) is 6.19. The van der Waals surface area contributed by atoms with Crippen molar-refractivity contribution in [1.82, 2.24) is 0 Å². The van der Waals surface area contributed by atoms with Gasteiger partial charge in [-0.2, -0.15) is 0 Å². The summed E-state index contributed by atoms with van der Waals surface area (Å²) in [6.07, 6.45) is 2.51. The fraction of sp³-hybridized carbons (Fsp3) is 0.333. The Labute approximate surface area is 125 Å². The number of aliphatic hydroxyl groups excluding tert-OH is 1. The summed E-state index contributed by atoms with van der Waals surface area (Å²) in [5, 5.41) is 13.1. The zero-order valence-electron chi connectivity index (χ0n) is 12.3. The number of nitrogens with one attached hydrogen (secondary N) is 1. The van der Waals surface area contributed by atoms with Crippen LogP contribution in [-0.2, 0) is 6.61 Å². The van der Waals surface area contributed by atoms with Crippen molar-refractivity contribution in [3.63, 3.8) is 0 Å². The molecule has 3 nitrogen and oxygen atoms in total. The molecule has 2 N–H and O–H groups in total. The Morgan fingerprint density at radius 3 is 2.48 bits per heavy atom. The molecule has 0 heterocycles. The first kappa shape index (κ1) is 14.0. The van der Waals surface area contributed by atoms with Crippen molar-refractivity contribution in [1.29, 1.82) is 0 Å². The number of hydrogen-bond donors (Lipinski definition) is 2. The highest BCUT2D eigenvalue weighted by molar-refractivity contribution is 5.53. The molecule has 110 valence electrons. The predicted molar refractivity (Wildman–Crippen MR) is 84.4 cm³/mol. The van der Waals surface area contributed by atoms with E-state index < -0.39 is 0 Å². The molecule has 0 aliphatic heterocycles. The second-order valence-electron chi connectivity index (χ2n) is 5.55. The molecule has 0 radical (unpaired) electrons. The molecule has 3 heteroatoms. The molecule has 21 heavy (non-hydrogen) atoms. The van der Waals surface area contributed by atoms with E-state index in [4.69, 9.17) is 4.74 Å². The van der Waals surface area contributed by atoms with Gasteiger partial charge in [0.2, 0.25) is 0 Å². The summed E-state index contributed by atoms with van der Waals surface area (Å²) in [6, 6.07) is 16.5. The van der Waals surface area contributed by atoms with Crippen LogP contribution in [0.5, 0.6) is 5.75 Å². The fourth-order valence-corrected chi connectivity index (χ4v) is 2.68. The average molecular weight is 283 g/mol. The van der Waals surface area contributed by atoms with Gasteiger partial charge < -0.3 is 15.2 Å². The van der Waals surface area contributed by atoms with Crippen molar-refractivity contribution in [2.24, 2.45) is 5.92 Å². The van der Waals surface area contributed by atoms with E-state index in [1.165, 1.54) is 18.4 Å². The number of hydrogen-bond acceptors (Lipinski definition) is 3. The molecule has 2 aromatic rings. The molecule has 1 aliphatic carbocycles. The standard InChI is InChI=1S/C18H21NO2/c1-21-16-10-8-14(9-11-16)18(13-6-7-13)19-17-5-3-2-4-15(17)12-20/h2-5,8-11,13,18-20H,6-7,12H2,1H3. The van der Waals surface area contributed by atoms with Crippen molar-refractivity contribution in [2.75, 3.05) is 12.4 Å². The van der Waals surface area contributed by atoms with Gasteiger partial charge in [-0.25, -0.2) is 0 Å². The highest BCUT2D eigenvalue weighted by Gasteiger charge is 2.32. The van der Waals surface area contributed by atoms with Crippen LogP contribution < -0.4 is 10.1 Å². The van der Waals surface area contributed by atoms with Gasteiger partial charge in [0.05, 0.1) is 19.8 Å². The van der Waals surface area contributed by atoms with E-state index in [1.54, 1.807) is 7.11 Å². The minimum atomic E-state index is 0.0587. The van der Waals surface area contributed by atoms with E-state index in [-0.39, 0.29) is 6.61 Å². The Bertz CT molecular complexity index is 590. The molecule has 1 saturated carbocycles. The first-order valence-corrected chi connectivity index (χ1v) is 7.41. The molecule has 0 aromatic heterocycles. The summed E-state index contributed by atoms with van der Waals surface area (Å²) < 4.78 is 5.23. The lowest BCUT2D eigenvalue weighted by Gasteiger charge is -2.22. The maximum atomic E-state index is 9.47. The Balaban J connectivity index is 1.84. The van der Waals surface area contributed by atoms with Gasteiger partial charge in [0, 0.05) is 11.3 Å². The first-order valence-electron chi connectivity index (χ1n) is 7.41. The van der Waals surface area contributed by atoms with Crippen LogP contribution in [0.15, 0.2) is 48.5 Å². The number of methoxy groups -OCH3 is 1. The summed E-state index contributed by atoms with van der Waals surface area (Å²) in [7, 11) is 1.68. The second-order valence-corrected chi connectivity index (χ2v) is 5.55. The van der Waals surface area contributed by atoms with Crippen LogP contribution in [-0.4, -0.2) is 12.2 Å². The van der Waals surface area contributed by atoms with Gasteiger partial charge in [-0.05, 0) is 42.5 Å². The molecule has 0 spiro atoms. The molecule has 2 aromatic carbocycles. The predicted octanol–water partition coefficient (Wildman–Crippen LogP) is 3.75. The van der Waals surface area contributed by atoms with Crippen LogP contribution in [0.1, 0.15) is 30.0 Å². The smallest absolute Gasteiger partial charge is 0.118 e. The third-order valence-corrected chi connectivity index (χ3v) is 4.07. The van der Waals surface area contributed by atoms with Crippen LogP contribution in [0, 0.1) is 5.92 Å². The molecule has 0 bridgehead atoms. The monoisotopic (exact) mass is 283 g/mol. The van der Waals surface area contributed by atoms with E-state index in [2.05, 4.69) is 17.4 Å². The normalized spacial score (nSPS) is 15.5. The Morgan fingerprint density at radius 1 is 1.14 bits per heavy atom. The molecule has 1 fully saturated rings. The number of rotatable bonds is 6. The molecule has 1 atom stereocenters. The van der Waals surface area contributed by atoms with Gasteiger partial charge in [0.1, 0.15) is 5.75 Å². The van der Waals surface area contributed by atoms with E-state index in [0.29, 0.717) is 12.0 Å². The zero-order valence-corrected chi connectivity index (χ0v) is 12.3. The SMILES string of the molecule is COc1ccc(C(Nc2ccccc2CO)C2CC2)cc1. The quantitative estimate of drug-likeness (QED) is 0.848. The minimum absolute atomic E-state index is 0.0587. The number of para-hydroxylation sites is 1. The van der Waals surface area contributed by atoms with Crippen molar-refractivity contribution in [3.8, 4) is 5.75 Å². The summed E-state index contributed by atoms with van der Waals surface area (Å²) in [5.41, 5.74) is 3.23. The van der Waals surface area contributed by atoms with Gasteiger partial charge in [-0.3, -0.25) is 0 Å². The number of benzene rings is 2. The van der Waals surface area contributed by atoms with Crippen LogP contribution in [0.2, 0.25) is 0 Å². The Kier molecular flexibility index (Phi) is 4.11. The van der Waals surface area contributed by atoms with E-state index in [0.717, 1.165) is 17.0 Å². The third kappa shape index (κ3) is 3.19. The highest BCUT2D eigenvalue weighted by atomic mass is 16.5. The summed E-state index contributed by atoms with van der Waals surface area (Å²) >= 11 is 0. The number of aliphatic hydroxyl groups is 1. The number of anilines is 1. The minimum Gasteiger partial charge on any atom is -0.497 e. The largest absolute Gasteiger partial charge is 0.497 e. The Hall–Kier alpha value is -2.00. The topological polar surface area (TPSA) is 41.5 Å². The van der Waals surface area contributed by atoms with Crippen molar-refractivity contribution >= 4 is 5.69 Å². The van der Waals surface area contributed by atoms with Gasteiger partial charge in [-0.15, -0.1) is 0 Å². The van der Waals surface area contributed by atoms with Crippen LogP contribution in [0.25, 0.3) is 0 Å². The van der Waals surface area contributed by atoms with E-state index >= 15 is 0 Å². The molecule has 1 aliphatic rings. The molecule has 0 saturated heterocycles. The van der Waals surface area contributed by atoms with E-state index in [1.807, 2.05) is 36.4 Å². The lowest BCUT2D eigenvalue weighted by Crippen LogP contribution is -2.14. The summed E-state index contributed by atoms with van der Waals surface area (Å²) in [4.78, 5) is 0. The van der Waals surface area contributed by atoms with Crippen LogP contribution in [0.3, 0.4) is 0 Å². The maximum absolute atomic E-state index is 9.47. The average Bonchev–Trinajstić information content (AvgIpc) is 3.38. The summed E-state index contributed by atoms with van der Waals surface area (Å²) in [5.74, 6) is 1.55. The fourth-order valence-electron chi connectivity index (χ4n) is 2.68. The van der Waals surface area contributed by atoms with Gasteiger partial charge in [-0.1, -0.05) is 30.3 Å². The molecule has 1 unspecified atom stereocenters. The van der Waals surface area contributed by atoms with Gasteiger partial charge >= 0.3 is 0 Å². The maximum Gasteiger partial charge on any atom is 0.118 e. The summed E-state index contributed by atoms with van der Waals surface area (Å²) in [6.45, 7) is 0.0587. The van der Waals surface area contributed by atoms with Crippen LogP contribution in [0.4, 0.5) is 5.69 Å². The lowest BCUT2D eigenvalue weighted by molar-refractivity contribution is 0.282. The van der Waals surface area contributed by atoms with Gasteiger partial charge in [0.15, 0.2) is 0 Å². The Morgan fingerprint density at radius 2 is 1.86 bits per heavy atom. The van der Waals surface area contributed by atoms with E-state index in [9.17, 15) is 5.11 Å².